The third-order valence-corrected chi connectivity index (χ3v) is 3.78. The summed E-state index contributed by atoms with van der Waals surface area (Å²) in [4.78, 5) is 12.3. The van der Waals surface area contributed by atoms with Crippen LogP contribution < -0.4 is 5.73 Å². The molecule has 1 saturated carbocycles. The average molecular weight is 282 g/mol. The Morgan fingerprint density at radius 1 is 1.25 bits per heavy atom. The van der Waals surface area contributed by atoms with Gasteiger partial charge in [0, 0.05) is 10.0 Å². The van der Waals surface area contributed by atoms with E-state index >= 15 is 0 Å². The summed E-state index contributed by atoms with van der Waals surface area (Å²) in [6.45, 7) is 0. The molecule has 1 aromatic rings. The molecule has 0 bridgehead atoms. The van der Waals surface area contributed by atoms with Crippen LogP contribution in [0.15, 0.2) is 28.7 Å². The molecule has 1 aromatic carbocycles. The number of halogens is 1. The first-order valence-electron chi connectivity index (χ1n) is 5.71. The normalized spacial score (nSPS) is 19.4. The summed E-state index contributed by atoms with van der Waals surface area (Å²) in [6.07, 6.45) is 4.97. The van der Waals surface area contributed by atoms with Crippen LogP contribution in [0.3, 0.4) is 0 Å². The molecule has 0 saturated heterocycles. The van der Waals surface area contributed by atoms with Crippen molar-refractivity contribution in [2.75, 3.05) is 0 Å². The van der Waals surface area contributed by atoms with Crippen LogP contribution in [0, 0.1) is 0 Å². The van der Waals surface area contributed by atoms with Gasteiger partial charge in [-0.05, 0) is 25.0 Å². The van der Waals surface area contributed by atoms with Gasteiger partial charge in [0.05, 0.1) is 5.54 Å². The van der Waals surface area contributed by atoms with Crippen LogP contribution in [-0.2, 0) is 0 Å². The van der Waals surface area contributed by atoms with Gasteiger partial charge in [-0.3, -0.25) is 4.79 Å². The second-order valence-electron chi connectivity index (χ2n) is 4.56. The third kappa shape index (κ3) is 2.36. The Morgan fingerprint density at radius 2 is 1.94 bits per heavy atom. The van der Waals surface area contributed by atoms with Crippen LogP contribution >= 0.6 is 15.9 Å². The lowest BCUT2D eigenvalue weighted by Gasteiger charge is -2.31. The van der Waals surface area contributed by atoms with Crippen molar-refractivity contribution in [3.63, 3.8) is 0 Å². The highest BCUT2D eigenvalue weighted by atomic mass is 79.9. The zero-order chi connectivity index (χ0) is 11.6. The number of Topliss-reactive ketones (excluding diaryl/α,β-unsaturated/α-hetero) is 1. The summed E-state index contributed by atoms with van der Waals surface area (Å²) in [5.41, 5.74) is 6.31. The minimum Gasteiger partial charge on any atom is -0.319 e. The number of carbonyl (C=O) groups excluding carboxylic acids is 1. The van der Waals surface area contributed by atoms with Crippen LogP contribution in [-0.4, -0.2) is 11.3 Å². The Bertz CT molecular complexity index is 397. The van der Waals surface area contributed by atoms with E-state index in [0.717, 1.165) is 35.7 Å². The second-order valence-corrected chi connectivity index (χ2v) is 5.47. The van der Waals surface area contributed by atoms with E-state index in [4.69, 9.17) is 5.73 Å². The summed E-state index contributed by atoms with van der Waals surface area (Å²) < 4.78 is 0.928. The van der Waals surface area contributed by atoms with Gasteiger partial charge in [-0.1, -0.05) is 47.3 Å². The summed E-state index contributed by atoms with van der Waals surface area (Å²) in [5, 5.41) is 0. The average Bonchev–Trinajstić information content (AvgIpc) is 2.29. The Hall–Kier alpha value is -0.670. The molecule has 2 N–H and O–H groups in total. The van der Waals surface area contributed by atoms with Crippen molar-refractivity contribution in [2.24, 2.45) is 5.73 Å². The fourth-order valence-corrected chi connectivity index (χ4v) is 2.73. The van der Waals surface area contributed by atoms with Gasteiger partial charge in [-0.15, -0.1) is 0 Å². The smallest absolute Gasteiger partial charge is 0.182 e. The van der Waals surface area contributed by atoms with Crippen LogP contribution in [0.2, 0.25) is 0 Å². The fraction of sp³-hybridized carbons (Fsp3) is 0.462. The predicted molar refractivity (Wildman–Crippen MR) is 68.5 cm³/mol. The molecular weight excluding hydrogens is 266 g/mol. The number of hydrogen-bond donors (Lipinski definition) is 1. The highest BCUT2D eigenvalue weighted by Gasteiger charge is 2.35. The van der Waals surface area contributed by atoms with E-state index in [9.17, 15) is 4.79 Å². The number of hydrogen-bond acceptors (Lipinski definition) is 2. The SMILES string of the molecule is NC1(C(=O)c2cccc(Br)c2)CCCCC1. The number of carbonyl (C=O) groups is 1. The first-order chi connectivity index (χ1) is 7.62. The summed E-state index contributed by atoms with van der Waals surface area (Å²) in [6, 6.07) is 7.49. The maximum absolute atomic E-state index is 12.3. The molecule has 0 aromatic heterocycles. The van der Waals surface area contributed by atoms with Crippen LogP contribution in [0.4, 0.5) is 0 Å². The van der Waals surface area contributed by atoms with E-state index in [0.29, 0.717) is 0 Å². The van der Waals surface area contributed by atoms with E-state index in [1.807, 2.05) is 24.3 Å². The van der Waals surface area contributed by atoms with E-state index in [2.05, 4.69) is 15.9 Å². The van der Waals surface area contributed by atoms with Crippen molar-refractivity contribution in [1.82, 2.24) is 0 Å². The lowest BCUT2D eigenvalue weighted by Crippen LogP contribution is -2.49. The molecule has 0 spiro atoms. The molecule has 86 valence electrons. The van der Waals surface area contributed by atoms with Gasteiger partial charge in [0.25, 0.3) is 0 Å². The summed E-state index contributed by atoms with van der Waals surface area (Å²) in [5.74, 6) is 0.0912. The Balaban J connectivity index is 2.24. The second kappa shape index (κ2) is 4.68. The molecule has 0 heterocycles. The molecule has 0 unspecified atom stereocenters. The molecule has 16 heavy (non-hydrogen) atoms. The van der Waals surface area contributed by atoms with Gasteiger partial charge in [0.15, 0.2) is 5.78 Å². The largest absolute Gasteiger partial charge is 0.319 e. The monoisotopic (exact) mass is 281 g/mol. The third-order valence-electron chi connectivity index (χ3n) is 3.28. The molecular formula is C13H16BrNO. The van der Waals surface area contributed by atoms with E-state index < -0.39 is 5.54 Å². The van der Waals surface area contributed by atoms with E-state index in [1.165, 1.54) is 6.42 Å². The highest BCUT2D eigenvalue weighted by Crippen LogP contribution is 2.29. The number of nitrogens with two attached hydrogens (primary N) is 1. The Kier molecular flexibility index (Phi) is 3.45. The molecule has 0 radical (unpaired) electrons. The quantitative estimate of drug-likeness (QED) is 0.846. The van der Waals surface area contributed by atoms with Crippen LogP contribution in [0.25, 0.3) is 0 Å². The van der Waals surface area contributed by atoms with Crippen molar-refractivity contribution < 1.29 is 4.79 Å². The van der Waals surface area contributed by atoms with Gasteiger partial charge in [0.1, 0.15) is 0 Å². The van der Waals surface area contributed by atoms with Crippen molar-refractivity contribution in [1.29, 1.82) is 0 Å². The molecule has 1 aliphatic carbocycles. The lowest BCUT2D eigenvalue weighted by atomic mass is 9.77. The predicted octanol–water partition coefficient (Wildman–Crippen LogP) is 3.29. The maximum Gasteiger partial charge on any atom is 0.182 e. The Morgan fingerprint density at radius 3 is 2.56 bits per heavy atom. The van der Waals surface area contributed by atoms with Gasteiger partial charge < -0.3 is 5.73 Å². The summed E-state index contributed by atoms with van der Waals surface area (Å²) in [7, 11) is 0. The van der Waals surface area contributed by atoms with E-state index in [1.54, 1.807) is 0 Å². The zero-order valence-corrected chi connectivity index (χ0v) is 10.8. The first-order valence-corrected chi connectivity index (χ1v) is 6.50. The number of rotatable bonds is 2. The molecule has 3 heteroatoms. The minimum absolute atomic E-state index is 0.0912. The molecule has 1 aliphatic rings. The van der Waals surface area contributed by atoms with E-state index in [-0.39, 0.29) is 5.78 Å². The number of ketones is 1. The van der Waals surface area contributed by atoms with Gasteiger partial charge in [-0.2, -0.15) is 0 Å². The fourth-order valence-electron chi connectivity index (χ4n) is 2.33. The van der Waals surface area contributed by atoms with Crippen molar-refractivity contribution in [3.8, 4) is 0 Å². The minimum atomic E-state index is -0.626. The Labute approximate surface area is 104 Å². The maximum atomic E-state index is 12.3. The van der Waals surface area contributed by atoms with Crippen LogP contribution in [0.5, 0.6) is 0 Å². The van der Waals surface area contributed by atoms with Crippen molar-refractivity contribution in [2.45, 2.75) is 37.6 Å². The topological polar surface area (TPSA) is 43.1 Å². The molecule has 2 nitrogen and oxygen atoms in total. The highest BCUT2D eigenvalue weighted by molar-refractivity contribution is 9.10. The van der Waals surface area contributed by atoms with Crippen molar-refractivity contribution in [3.05, 3.63) is 34.3 Å². The molecule has 2 rings (SSSR count). The summed E-state index contributed by atoms with van der Waals surface area (Å²) >= 11 is 3.38. The zero-order valence-electron chi connectivity index (χ0n) is 9.21. The molecule has 0 atom stereocenters. The molecule has 1 fully saturated rings. The molecule has 0 amide bonds. The van der Waals surface area contributed by atoms with Gasteiger partial charge in [-0.25, -0.2) is 0 Å². The standard InChI is InChI=1S/C13H16BrNO/c14-11-6-4-5-10(9-11)12(16)13(15)7-2-1-3-8-13/h4-6,9H,1-3,7-8,15H2. The lowest BCUT2D eigenvalue weighted by molar-refractivity contribution is 0.0848. The van der Waals surface area contributed by atoms with Gasteiger partial charge in [0.2, 0.25) is 0 Å². The van der Waals surface area contributed by atoms with Crippen LogP contribution in [0.1, 0.15) is 42.5 Å². The van der Waals surface area contributed by atoms with Crippen molar-refractivity contribution >= 4 is 21.7 Å². The molecule has 0 aliphatic heterocycles. The van der Waals surface area contributed by atoms with Gasteiger partial charge >= 0.3 is 0 Å². The number of benzene rings is 1. The first kappa shape index (κ1) is 11.8.